The number of aliphatic hydroxyl groups excluding tert-OH is 1. The van der Waals surface area contributed by atoms with Gasteiger partial charge in [0.15, 0.2) is 12.2 Å². The van der Waals surface area contributed by atoms with Crippen LogP contribution in [0.1, 0.15) is 383 Å². The third kappa shape index (κ3) is 70.3. The van der Waals surface area contributed by atoms with Gasteiger partial charge >= 0.3 is 39.5 Å². The minimum absolute atomic E-state index is 0.102. The lowest BCUT2D eigenvalue weighted by molar-refractivity contribution is -0.161. The average Bonchev–Trinajstić information content (AvgIpc) is 1.29. The largest absolute Gasteiger partial charge is 0.472 e. The maximum atomic E-state index is 13.1. The molecule has 0 rings (SSSR count). The van der Waals surface area contributed by atoms with Gasteiger partial charge in [0.25, 0.3) is 0 Å². The lowest BCUT2D eigenvalue weighted by Gasteiger charge is -2.21. The van der Waals surface area contributed by atoms with Crippen LogP contribution in [0.25, 0.3) is 0 Å². The number of ether oxygens (including phenoxy) is 4. The molecule has 0 aromatic rings. The fraction of sp³-hybridized carbons (Fsp3) is 0.947. The minimum Gasteiger partial charge on any atom is -0.462 e. The van der Waals surface area contributed by atoms with Crippen LogP contribution in [0.3, 0.4) is 0 Å². The Hall–Kier alpha value is -1.94. The maximum absolute atomic E-state index is 13.1. The zero-order valence-corrected chi connectivity index (χ0v) is 64.1. The van der Waals surface area contributed by atoms with Gasteiger partial charge in [-0.25, -0.2) is 9.13 Å². The van der Waals surface area contributed by atoms with Crippen molar-refractivity contribution in [2.45, 2.75) is 401 Å². The number of phosphoric acid groups is 2. The van der Waals surface area contributed by atoms with Gasteiger partial charge in [0.2, 0.25) is 0 Å². The topological polar surface area (TPSA) is 237 Å². The monoisotopic (exact) mass is 1400 g/mol. The van der Waals surface area contributed by atoms with Crippen LogP contribution in [0.5, 0.6) is 0 Å². The molecule has 0 heterocycles. The highest BCUT2D eigenvalue weighted by Gasteiger charge is 2.30. The van der Waals surface area contributed by atoms with Gasteiger partial charge in [-0.3, -0.25) is 37.3 Å². The number of unbranched alkanes of at least 4 members (excludes halogenated alkanes) is 39. The number of carbonyl (C=O) groups is 4. The second kappa shape index (κ2) is 65.4. The third-order valence-electron chi connectivity index (χ3n) is 17.6. The van der Waals surface area contributed by atoms with Crippen LogP contribution in [0.4, 0.5) is 0 Å². The Morgan fingerprint density at radius 1 is 0.263 bits per heavy atom. The van der Waals surface area contributed by atoms with Crippen molar-refractivity contribution < 1.29 is 80.2 Å². The van der Waals surface area contributed by atoms with E-state index in [-0.39, 0.29) is 25.7 Å². The van der Waals surface area contributed by atoms with Gasteiger partial charge in [-0.1, -0.05) is 331 Å². The molecule has 0 aliphatic rings. The summed E-state index contributed by atoms with van der Waals surface area (Å²) < 4.78 is 68.4. The molecule has 3 N–H and O–H groups in total. The molecule has 0 aromatic heterocycles. The molecule has 0 spiro atoms. The molecular formula is C76H148O17P2. The number of hydrogen-bond acceptors (Lipinski definition) is 15. The van der Waals surface area contributed by atoms with E-state index in [1.165, 1.54) is 180 Å². The van der Waals surface area contributed by atoms with E-state index >= 15 is 0 Å². The zero-order valence-electron chi connectivity index (χ0n) is 62.3. The highest BCUT2D eigenvalue weighted by atomic mass is 31.2. The van der Waals surface area contributed by atoms with Crippen LogP contribution < -0.4 is 0 Å². The van der Waals surface area contributed by atoms with Crippen molar-refractivity contribution in [3.8, 4) is 0 Å². The number of esters is 4. The molecule has 0 aromatic carbocycles. The van der Waals surface area contributed by atoms with Gasteiger partial charge in [0, 0.05) is 25.7 Å². The average molecular weight is 1400 g/mol. The minimum atomic E-state index is -4.96. The molecule has 0 saturated carbocycles. The van der Waals surface area contributed by atoms with E-state index in [9.17, 15) is 43.2 Å². The summed E-state index contributed by atoms with van der Waals surface area (Å²) in [5, 5.41) is 10.6. The smallest absolute Gasteiger partial charge is 0.462 e. The second-order valence-electron chi connectivity index (χ2n) is 29.3. The molecule has 3 unspecified atom stereocenters. The quantitative estimate of drug-likeness (QED) is 0.0222. The van der Waals surface area contributed by atoms with Crippen LogP contribution in [-0.2, 0) is 65.4 Å². The standard InChI is InChI=1S/C76H148O17P2/c1-66(2)52-44-36-28-22-18-15-13-11-9-10-12-14-16-20-25-33-42-50-58-75(80)92-71(62-86-73(78)56-48-40-32-24-21-17-19-23-29-37-45-53-67(3)4)64-90-94(82,83)88-60-70(77)61-89-95(84,85)91-65-72(93-76(81)59-51-43-35-27-31-39-47-55-69(7)8)63-87-74(79)57-49-41-34-26-30-38-46-54-68(5)6/h66-72,77H,9-65H2,1-8H3,(H,82,83)(H,84,85)/t70?,71-,72-/m1/s1. The zero-order chi connectivity index (χ0) is 70.3. The van der Waals surface area contributed by atoms with Crippen LogP contribution >= 0.6 is 15.6 Å². The van der Waals surface area contributed by atoms with Crippen LogP contribution in [0, 0.1) is 23.7 Å². The number of rotatable bonds is 73. The molecule has 0 fully saturated rings. The van der Waals surface area contributed by atoms with Crippen molar-refractivity contribution in [3.63, 3.8) is 0 Å². The molecule has 5 atom stereocenters. The molecular weight excluding hydrogens is 1250 g/mol. The summed E-state index contributed by atoms with van der Waals surface area (Å²) in [7, 11) is -9.91. The summed E-state index contributed by atoms with van der Waals surface area (Å²) in [5.74, 6) is 0.867. The normalized spacial score (nSPS) is 14.1. The first-order valence-electron chi connectivity index (χ1n) is 39.2. The maximum Gasteiger partial charge on any atom is 0.472 e. The predicted molar refractivity (Wildman–Crippen MR) is 386 cm³/mol. The van der Waals surface area contributed by atoms with Crippen molar-refractivity contribution in [3.05, 3.63) is 0 Å². The van der Waals surface area contributed by atoms with Crippen LogP contribution in [0.2, 0.25) is 0 Å². The first-order valence-corrected chi connectivity index (χ1v) is 42.2. The lowest BCUT2D eigenvalue weighted by Crippen LogP contribution is -2.30. The molecule has 0 aliphatic carbocycles. The Kier molecular flexibility index (Phi) is 64.0. The molecule has 0 saturated heterocycles. The van der Waals surface area contributed by atoms with E-state index in [1.807, 2.05) is 0 Å². The van der Waals surface area contributed by atoms with Crippen molar-refractivity contribution in [2.24, 2.45) is 23.7 Å². The van der Waals surface area contributed by atoms with Gasteiger partial charge in [-0.2, -0.15) is 0 Å². The molecule has 19 heteroatoms. The van der Waals surface area contributed by atoms with Gasteiger partial charge in [0.1, 0.15) is 19.3 Å². The van der Waals surface area contributed by atoms with Gasteiger partial charge in [-0.05, 0) is 49.4 Å². The lowest BCUT2D eigenvalue weighted by atomic mass is 10.0. The molecule has 0 bridgehead atoms. The Bertz CT molecular complexity index is 1870. The van der Waals surface area contributed by atoms with Crippen molar-refractivity contribution >= 4 is 39.5 Å². The summed E-state index contributed by atoms with van der Waals surface area (Å²) >= 11 is 0. The predicted octanol–water partition coefficient (Wildman–Crippen LogP) is 22.0. The Morgan fingerprint density at radius 3 is 0.653 bits per heavy atom. The number of hydrogen-bond donors (Lipinski definition) is 3. The molecule has 564 valence electrons. The van der Waals surface area contributed by atoms with Crippen molar-refractivity contribution in [1.82, 2.24) is 0 Å². The van der Waals surface area contributed by atoms with Crippen LogP contribution in [0.15, 0.2) is 0 Å². The molecule has 0 aliphatic heterocycles. The summed E-state index contributed by atoms with van der Waals surface area (Å²) in [4.78, 5) is 72.7. The van der Waals surface area contributed by atoms with E-state index in [4.69, 9.17) is 37.0 Å². The van der Waals surface area contributed by atoms with E-state index in [1.54, 1.807) is 0 Å². The Labute approximate surface area is 581 Å². The second-order valence-corrected chi connectivity index (χ2v) is 32.2. The van der Waals surface area contributed by atoms with E-state index in [0.29, 0.717) is 37.5 Å². The summed E-state index contributed by atoms with van der Waals surface area (Å²) in [6, 6.07) is 0. The fourth-order valence-corrected chi connectivity index (χ4v) is 13.1. The molecule has 95 heavy (non-hydrogen) atoms. The highest BCUT2D eigenvalue weighted by molar-refractivity contribution is 7.47. The number of aliphatic hydroxyl groups is 1. The highest BCUT2D eigenvalue weighted by Crippen LogP contribution is 2.45. The Balaban J connectivity index is 5.20. The molecule has 0 radical (unpaired) electrons. The summed E-state index contributed by atoms with van der Waals surface area (Å²) in [6.45, 7) is 14.1. The van der Waals surface area contributed by atoms with Crippen LogP contribution in [-0.4, -0.2) is 96.7 Å². The number of phosphoric ester groups is 2. The first-order chi connectivity index (χ1) is 45.6. The molecule has 0 amide bonds. The van der Waals surface area contributed by atoms with Gasteiger partial charge < -0.3 is 33.8 Å². The van der Waals surface area contributed by atoms with E-state index in [2.05, 4.69) is 55.4 Å². The number of carbonyl (C=O) groups excluding carboxylic acids is 4. The van der Waals surface area contributed by atoms with E-state index in [0.717, 1.165) is 108 Å². The third-order valence-corrected chi connectivity index (χ3v) is 19.5. The van der Waals surface area contributed by atoms with Gasteiger partial charge in [-0.15, -0.1) is 0 Å². The fourth-order valence-electron chi connectivity index (χ4n) is 11.6. The SMILES string of the molecule is CC(C)CCCCCCCCCCCCCCCCCCCCC(=O)O[C@H](COC(=O)CCCCCCCCCCCCCC(C)C)COP(=O)(O)OCC(O)COP(=O)(O)OC[C@@H](COC(=O)CCCCCCCCCC(C)C)OC(=O)CCCCCCCCCC(C)C. The van der Waals surface area contributed by atoms with Gasteiger partial charge in [0.05, 0.1) is 26.4 Å². The van der Waals surface area contributed by atoms with Crippen molar-refractivity contribution in [2.75, 3.05) is 39.6 Å². The molecule has 17 nitrogen and oxygen atoms in total. The Morgan fingerprint density at radius 2 is 0.442 bits per heavy atom. The first kappa shape index (κ1) is 93.1. The summed E-state index contributed by atoms with van der Waals surface area (Å²) in [5.41, 5.74) is 0. The van der Waals surface area contributed by atoms with E-state index < -0.39 is 97.5 Å². The summed E-state index contributed by atoms with van der Waals surface area (Å²) in [6.07, 6.45) is 50.3. The van der Waals surface area contributed by atoms with Crippen molar-refractivity contribution in [1.29, 1.82) is 0 Å².